The van der Waals surface area contributed by atoms with Gasteiger partial charge in [0.15, 0.2) is 0 Å². The molecule has 2 aromatic rings. The standard InChI is InChI=1S/C13H7NO5.2ClH.2Hg/c15-8-5-6-12(14(18)19)11(7-8)9-3-1-2-4-10(9)13(16)17;;;;/h2-6,15H,(H,16,17);2*1H;;/q;;;2*+1/p-2. The summed E-state index contributed by atoms with van der Waals surface area (Å²) in [4.78, 5) is 22.3. The summed E-state index contributed by atoms with van der Waals surface area (Å²) < 4.78 is 1.17. The van der Waals surface area contributed by atoms with E-state index in [1.807, 2.05) is 0 Å². The number of carboxylic acid groups (broad SMARTS) is 1. The van der Waals surface area contributed by atoms with E-state index in [1.165, 1.54) is 12.1 Å². The zero-order chi connectivity index (χ0) is 17.1. The molecule has 0 unspecified atom stereocenters. The summed E-state index contributed by atoms with van der Waals surface area (Å²) >= 11 is -4.14. The van der Waals surface area contributed by atoms with Crippen LogP contribution in [0.5, 0.6) is 5.75 Å². The second-order valence-electron chi connectivity index (χ2n) is 4.67. The number of carbonyl (C=O) groups is 1. The van der Waals surface area contributed by atoms with Gasteiger partial charge in [-0.25, -0.2) is 0 Å². The van der Waals surface area contributed by atoms with Gasteiger partial charge in [-0.3, -0.25) is 0 Å². The van der Waals surface area contributed by atoms with E-state index in [-0.39, 0.29) is 28.1 Å². The van der Waals surface area contributed by atoms with Gasteiger partial charge in [0.05, 0.1) is 0 Å². The van der Waals surface area contributed by atoms with Crippen LogP contribution in [0.1, 0.15) is 10.4 Å². The molecule has 0 saturated heterocycles. The van der Waals surface area contributed by atoms with E-state index in [4.69, 9.17) is 16.5 Å². The van der Waals surface area contributed by atoms with Crippen molar-refractivity contribution < 1.29 is 66.6 Å². The zero-order valence-corrected chi connectivity index (χ0v) is 24.1. The number of aromatic hydroxyl groups is 1. The molecule has 0 aliphatic rings. The molecule has 0 aliphatic carbocycles. The summed E-state index contributed by atoms with van der Waals surface area (Å²) in [6, 6.07) is 7.02. The molecule has 0 heterocycles. The third kappa shape index (κ3) is 3.97. The molecule has 0 bridgehead atoms. The van der Waals surface area contributed by atoms with Crippen molar-refractivity contribution >= 4 is 34.3 Å². The van der Waals surface area contributed by atoms with Crippen LogP contribution in [0.15, 0.2) is 30.3 Å². The topological polar surface area (TPSA) is 101 Å². The van der Waals surface area contributed by atoms with Crippen LogP contribution in [0.4, 0.5) is 5.69 Å². The van der Waals surface area contributed by atoms with Gasteiger partial charge in [0, 0.05) is 0 Å². The van der Waals surface area contributed by atoms with Gasteiger partial charge in [0.1, 0.15) is 0 Å². The second kappa shape index (κ2) is 8.09. The normalized spacial score (nSPS) is 9.83. The van der Waals surface area contributed by atoms with Crippen LogP contribution in [0.25, 0.3) is 11.1 Å². The molecule has 0 spiro atoms. The van der Waals surface area contributed by atoms with Crippen LogP contribution in [-0.2, 0) is 46.7 Å². The Morgan fingerprint density at radius 2 is 1.87 bits per heavy atom. The Bertz CT molecular complexity index is 800. The van der Waals surface area contributed by atoms with Gasteiger partial charge in [-0.1, -0.05) is 0 Å². The van der Waals surface area contributed by atoms with Crippen molar-refractivity contribution in [3.05, 3.63) is 46.0 Å². The third-order valence-corrected chi connectivity index (χ3v) is 15.1. The molecule has 0 aliphatic heterocycles. The minimum atomic E-state index is -2.30. The van der Waals surface area contributed by atoms with Crippen LogP contribution in [0.3, 0.4) is 0 Å². The van der Waals surface area contributed by atoms with Crippen molar-refractivity contribution in [3.63, 3.8) is 0 Å². The molecule has 0 fully saturated rings. The minimum absolute atomic E-state index is 0.0688. The van der Waals surface area contributed by atoms with Gasteiger partial charge >= 0.3 is 164 Å². The van der Waals surface area contributed by atoms with Crippen molar-refractivity contribution in [2.45, 2.75) is 0 Å². The molecule has 2 N–H and O–H groups in total. The zero-order valence-electron chi connectivity index (χ0n) is 11.6. The molecular formula is C13H7Cl2Hg2NO5. The Kier molecular flexibility index (Phi) is 6.65. The number of benzene rings is 2. The Labute approximate surface area is 162 Å². The summed E-state index contributed by atoms with van der Waals surface area (Å²) in [7, 11) is 12.1. The molecule has 6 nitrogen and oxygen atoms in total. The fraction of sp³-hybridized carbons (Fsp3) is 0. The van der Waals surface area contributed by atoms with Crippen molar-refractivity contribution in [2.24, 2.45) is 0 Å². The fourth-order valence-electron chi connectivity index (χ4n) is 2.28. The number of hydrogen-bond donors (Lipinski definition) is 2. The fourth-order valence-corrected chi connectivity index (χ4v) is 11.0. The van der Waals surface area contributed by atoms with Crippen LogP contribution < -0.4 is 6.14 Å². The molecular weight excluding hydrogens is 722 g/mol. The predicted molar refractivity (Wildman–Crippen MR) is 78.1 cm³/mol. The second-order valence-corrected chi connectivity index (χ2v) is 17.4. The molecule has 10 heteroatoms. The number of phenols is 1. The number of aromatic carboxylic acids is 1. The summed E-state index contributed by atoms with van der Waals surface area (Å²) in [5.41, 5.74) is -0.0107. The van der Waals surface area contributed by atoms with Gasteiger partial charge in [-0.05, 0) is 0 Å². The van der Waals surface area contributed by atoms with Gasteiger partial charge in [-0.15, -0.1) is 0 Å². The molecule has 23 heavy (non-hydrogen) atoms. The Hall–Kier alpha value is -0.440. The first-order valence-electron chi connectivity index (χ1n) is 6.38. The molecule has 2 rings (SSSR count). The number of carboxylic acids is 1. The van der Waals surface area contributed by atoms with E-state index in [2.05, 4.69) is 0 Å². The Balaban J connectivity index is 2.92. The molecule has 0 amide bonds. The van der Waals surface area contributed by atoms with Gasteiger partial charge in [-0.2, -0.15) is 0 Å². The van der Waals surface area contributed by atoms with Gasteiger partial charge in [0.25, 0.3) is 0 Å². The van der Waals surface area contributed by atoms with Crippen LogP contribution in [-0.4, -0.2) is 21.1 Å². The number of rotatable bonds is 5. The quantitative estimate of drug-likeness (QED) is 0.280. The van der Waals surface area contributed by atoms with E-state index >= 15 is 0 Å². The first kappa shape index (κ1) is 18.9. The van der Waals surface area contributed by atoms with E-state index in [9.17, 15) is 25.1 Å². The van der Waals surface area contributed by atoms with Gasteiger partial charge < -0.3 is 0 Å². The molecule has 0 aromatic heterocycles. The van der Waals surface area contributed by atoms with E-state index < -0.39 is 57.6 Å². The average Bonchev–Trinajstić information content (AvgIpc) is 2.53. The number of phenolic OH excluding ortho intramolecular Hbond substituents is 1. The maximum absolute atomic E-state index is 11.5. The number of nitro benzene ring substituents is 1. The molecule has 2 aromatic carbocycles. The van der Waals surface area contributed by atoms with Crippen molar-refractivity contribution in [1.29, 1.82) is 0 Å². The Morgan fingerprint density at radius 1 is 1.17 bits per heavy atom. The number of nitro groups is 1. The summed E-state index contributed by atoms with van der Waals surface area (Å²) in [6.07, 6.45) is 0. The van der Waals surface area contributed by atoms with E-state index in [1.54, 1.807) is 12.1 Å². The van der Waals surface area contributed by atoms with Crippen molar-refractivity contribution in [3.8, 4) is 16.9 Å². The van der Waals surface area contributed by atoms with E-state index in [0.29, 0.717) is 3.07 Å². The average molecular weight is 729 g/mol. The van der Waals surface area contributed by atoms with Gasteiger partial charge in [0.2, 0.25) is 0 Å². The van der Waals surface area contributed by atoms with Crippen molar-refractivity contribution in [2.75, 3.05) is 0 Å². The molecule has 112 valence electrons. The monoisotopic (exact) mass is 731 g/mol. The summed E-state index contributed by atoms with van der Waals surface area (Å²) in [5, 5.41) is 30.8. The molecule has 0 radical (unpaired) electrons. The number of nitrogens with zero attached hydrogens (tertiary/aromatic N) is 1. The molecule has 0 saturated carbocycles. The maximum atomic E-state index is 11.5. The van der Waals surface area contributed by atoms with Crippen LogP contribution in [0, 0.1) is 10.1 Å². The van der Waals surface area contributed by atoms with E-state index in [0.717, 1.165) is 9.14 Å². The van der Waals surface area contributed by atoms with Crippen LogP contribution >= 0.6 is 16.5 Å². The Morgan fingerprint density at radius 3 is 2.39 bits per heavy atom. The number of halogens is 2. The predicted octanol–water partition coefficient (Wildman–Crippen LogP) is 2.39. The number of hydrogen-bond acceptors (Lipinski definition) is 4. The molecule has 0 atom stereocenters. The third-order valence-electron chi connectivity index (χ3n) is 3.33. The summed E-state index contributed by atoms with van der Waals surface area (Å²) in [5.74, 6) is -1.33. The SMILES string of the molecule is O=C(O)c1cc[c]([Hg][Cl])cc1-c1c([N+](=O)[O-])ccc(O)[c]1[Hg][Cl]. The first-order chi connectivity index (χ1) is 10.9. The first-order valence-corrected chi connectivity index (χ1v) is 25.4. The van der Waals surface area contributed by atoms with Crippen LogP contribution in [0.2, 0.25) is 0 Å². The van der Waals surface area contributed by atoms with Crippen molar-refractivity contribution in [1.82, 2.24) is 0 Å². The summed E-state index contributed by atoms with van der Waals surface area (Å²) in [6.45, 7) is 0.